The number of aromatic amines is 1. The lowest BCUT2D eigenvalue weighted by atomic mass is 10.2. The lowest BCUT2D eigenvalue weighted by molar-refractivity contribution is 0.126. The van der Waals surface area contributed by atoms with Crippen LogP contribution in [-0.2, 0) is 0 Å². The van der Waals surface area contributed by atoms with Crippen LogP contribution in [0.5, 0.6) is 5.88 Å². The molecule has 86 valence electrons. The number of aromatic nitrogens is 4. The number of nitrogen functional groups attached to an aromatic ring is 1. The first-order valence-electron chi connectivity index (χ1n) is 4.86. The molecular weight excluding hydrogens is 208 g/mol. The zero-order chi connectivity index (χ0) is 11.8. The number of ether oxygens (including phenoxy) is 1. The fraction of sp³-hybridized carbons (Fsp3) is 0.444. The van der Waals surface area contributed by atoms with Crippen LogP contribution in [0.2, 0.25) is 0 Å². The normalized spacial score (nSPS) is 11.8. The maximum Gasteiger partial charge on any atom is 0.242 e. The van der Waals surface area contributed by atoms with Crippen molar-refractivity contribution in [2.24, 2.45) is 5.84 Å². The van der Waals surface area contributed by atoms with E-state index >= 15 is 0 Å². The van der Waals surface area contributed by atoms with Gasteiger partial charge < -0.3 is 4.74 Å². The molecule has 2 rings (SSSR count). The molecule has 2 aromatic heterocycles. The number of fused-ring (bicyclic) bond motifs is 1. The predicted molar refractivity (Wildman–Crippen MR) is 59.9 cm³/mol. The van der Waals surface area contributed by atoms with E-state index in [9.17, 15) is 0 Å². The van der Waals surface area contributed by atoms with E-state index in [0.717, 1.165) is 5.39 Å². The lowest BCUT2D eigenvalue weighted by Gasteiger charge is -2.20. The summed E-state index contributed by atoms with van der Waals surface area (Å²) in [7, 11) is 0. The molecule has 2 heterocycles. The quantitative estimate of drug-likeness (QED) is 0.513. The molecule has 0 aliphatic heterocycles. The SMILES string of the molecule is CC(C)(C)Oc1nc(NN)nc2[nH]ncc12. The van der Waals surface area contributed by atoms with Crippen molar-refractivity contribution < 1.29 is 4.74 Å². The predicted octanol–water partition coefficient (Wildman–Crippen LogP) is 0.816. The molecule has 0 saturated carbocycles. The smallest absolute Gasteiger partial charge is 0.242 e. The first-order valence-corrected chi connectivity index (χ1v) is 4.86. The monoisotopic (exact) mass is 222 g/mol. The Balaban J connectivity index is 2.52. The molecule has 0 spiro atoms. The third-order valence-corrected chi connectivity index (χ3v) is 1.81. The summed E-state index contributed by atoms with van der Waals surface area (Å²) in [4.78, 5) is 8.25. The van der Waals surface area contributed by atoms with Crippen LogP contribution in [0.15, 0.2) is 6.20 Å². The molecule has 16 heavy (non-hydrogen) atoms. The van der Waals surface area contributed by atoms with Crippen molar-refractivity contribution in [2.75, 3.05) is 5.43 Å². The van der Waals surface area contributed by atoms with Crippen molar-refractivity contribution in [1.82, 2.24) is 20.2 Å². The van der Waals surface area contributed by atoms with Gasteiger partial charge in [-0.05, 0) is 20.8 Å². The Morgan fingerprint density at radius 1 is 1.38 bits per heavy atom. The van der Waals surface area contributed by atoms with E-state index in [1.807, 2.05) is 20.8 Å². The molecule has 0 fully saturated rings. The molecule has 0 bridgehead atoms. The maximum atomic E-state index is 5.71. The summed E-state index contributed by atoms with van der Waals surface area (Å²) in [6, 6.07) is 0. The zero-order valence-corrected chi connectivity index (χ0v) is 9.40. The molecule has 0 saturated heterocycles. The van der Waals surface area contributed by atoms with Crippen molar-refractivity contribution in [2.45, 2.75) is 26.4 Å². The second-order valence-corrected chi connectivity index (χ2v) is 4.34. The van der Waals surface area contributed by atoms with Crippen LogP contribution in [0.1, 0.15) is 20.8 Å². The van der Waals surface area contributed by atoms with Crippen molar-refractivity contribution in [3.63, 3.8) is 0 Å². The molecule has 2 aromatic rings. The van der Waals surface area contributed by atoms with Crippen molar-refractivity contribution in [1.29, 1.82) is 0 Å². The highest BCUT2D eigenvalue weighted by atomic mass is 16.5. The highest BCUT2D eigenvalue weighted by Crippen LogP contribution is 2.25. The maximum absolute atomic E-state index is 5.71. The van der Waals surface area contributed by atoms with Gasteiger partial charge in [0.15, 0.2) is 5.65 Å². The van der Waals surface area contributed by atoms with E-state index < -0.39 is 0 Å². The fourth-order valence-corrected chi connectivity index (χ4v) is 1.24. The minimum Gasteiger partial charge on any atom is -0.471 e. The Bertz CT molecular complexity index is 500. The van der Waals surface area contributed by atoms with E-state index in [0.29, 0.717) is 11.5 Å². The van der Waals surface area contributed by atoms with Crippen LogP contribution in [-0.4, -0.2) is 25.8 Å². The third-order valence-electron chi connectivity index (χ3n) is 1.81. The molecule has 0 aromatic carbocycles. The van der Waals surface area contributed by atoms with Gasteiger partial charge >= 0.3 is 0 Å². The highest BCUT2D eigenvalue weighted by molar-refractivity contribution is 5.80. The Hall–Kier alpha value is -1.89. The second-order valence-electron chi connectivity index (χ2n) is 4.34. The Labute approximate surface area is 92.4 Å². The first-order chi connectivity index (χ1) is 7.49. The zero-order valence-electron chi connectivity index (χ0n) is 9.40. The van der Waals surface area contributed by atoms with Crippen LogP contribution >= 0.6 is 0 Å². The highest BCUT2D eigenvalue weighted by Gasteiger charge is 2.17. The summed E-state index contributed by atoms with van der Waals surface area (Å²) in [5, 5.41) is 7.37. The number of rotatable bonds is 2. The summed E-state index contributed by atoms with van der Waals surface area (Å²) in [5.74, 6) is 6.02. The molecular formula is C9H14N6O. The van der Waals surface area contributed by atoms with Gasteiger partial charge in [0.25, 0.3) is 0 Å². The van der Waals surface area contributed by atoms with E-state index in [-0.39, 0.29) is 11.5 Å². The van der Waals surface area contributed by atoms with Crippen molar-refractivity contribution in [3.05, 3.63) is 6.20 Å². The van der Waals surface area contributed by atoms with Gasteiger partial charge in [0.05, 0.1) is 6.20 Å². The standard InChI is InChI=1S/C9H14N6O/c1-9(2,3)16-7-5-4-11-15-6(5)12-8(13-7)14-10/h4H,10H2,1-3H3,(H2,11,12,13,14,15). The summed E-state index contributed by atoms with van der Waals surface area (Å²) >= 11 is 0. The first kappa shape index (κ1) is 10.6. The van der Waals surface area contributed by atoms with E-state index in [1.54, 1.807) is 6.20 Å². The summed E-state index contributed by atoms with van der Waals surface area (Å²) in [5.41, 5.74) is 2.63. The molecule has 0 aliphatic carbocycles. The number of H-pyrrole nitrogens is 1. The van der Waals surface area contributed by atoms with Crippen LogP contribution < -0.4 is 16.0 Å². The van der Waals surface area contributed by atoms with Crippen molar-refractivity contribution in [3.8, 4) is 5.88 Å². The average Bonchev–Trinajstić information content (AvgIpc) is 2.63. The number of nitrogens with one attached hydrogen (secondary N) is 2. The van der Waals surface area contributed by atoms with Crippen molar-refractivity contribution >= 4 is 17.0 Å². The molecule has 0 amide bonds. The Morgan fingerprint density at radius 3 is 2.75 bits per heavy atom. The minimum absolute atomic E-state index is 0.288. The molecule has 7 nitrogen and oxygen atoms in total. The molecule has 4 N–H and O–H groups in total. The average molecular weight is 222 g/mol. The molecule has 0 unspecified atom stereocenters. The summed E-state index contributed by atoms with van der Waals surface area (Å²) in [6.45, 7) is 5.82. The van der Waals surface area contributed by atoms with E-state index in [4.69, 9.17) is 10.6 Å². The van der Waals surface area contributed by atoms with Gasteiger partial charge in [-0.1, -0.05) is 0 Å². The Kier molecular flexibility index (Phi) is 2.39. The second kappa shape index (κ2) is 3.60. The van der Waals surface area contributed by atoms with Crippen LogP contribution in [0.25, 0.3) is 11.0 Å². The van der Waals surface area contributed by atoms with Gasteiger partial charge in [0.2, 0.25) is 11.8 Å². The number of hydrazine groups is 1. The Morgan fingerprint density at radius 2 is 2.12 bits per heavy atom. The van der Waals surface area contributed by atoms with Crippen LogP contribution in [0.3, 0.4) is 0 Å². The largest absolute Gasteiger partial charge is 0.471 e. The van der Waals surface area contributed by atoms with Crippen LogP contribution in [0, 0.1) is 0 Å². The van der Waals surface area contributed by atoms with E-state index in [2.05, 4.69) is 25.6 Å². The van der Waals surface area contributed by atoms with Gasteiger partial charge in [-0.3, -0.25) is 10.5 Å². The third kappa shape index (κ3) is 2.03. The van der Waals surface area contributed by atoms with E-state index in [1.165, 1.54) is 0 Å². The van der Waals surface area contributed by atoms with Crippen LogP contribution in [0.4, 0.5) is 5.95 Å². The molecule has 7 heteroatoms. The fourth-order valence-electron chi connectivity index (χ4n) is 1.24. The van der Waals surface area contributed by atoms with Gasteiger partial charge in [-0.2, -0.15) is 15.1 Å². The molecule has 0 aliphatic rings. The molecule has 0 atom stereocenters. The lowest BCUT2D eigenvalue weighted by Crippen LogP contribution is -2.24. The van der Waals surface area contributed by atoms with Gasteiger partial charge in [0.1, 0.15) is 11.0 Å². The number of nitrogens with two attached hydrogens (primary N) is 1. The number of nitrogens with zero attached hydrogens (tertiary/aromatic N) is 3. The topological polar surface area (TPSA) is 102 Å². The number of hydrogen-bond acceptors (Lipinski definition) is 6. The summed E-state index contributed by atoms with van der Waals surface area (Å²) < 4.78 is 5.71. The summed E-state index contributed by atoms with van der Waals surface area (Å²) in [6.07, 6.45) is 1.62. The number of hydrogen-bond donors (Lipinski definition) is 3. The van der Waals surface area contributed by atoms with Gasteiger partial charge in [-0.25, -0.2) is 5.84 Å². The van der Waals surface area contributed by atoms with Gasteiger partial charge in [-0.15, -0.1) is 0 Å². The minimum atomic E-state index is -0.343. The number of anilines is 1. The van der Waals surface area contributed by atoms with Gasteiger partial charge in [0, 0.05) is 0 Å². The molecule has 0 radical (unpaired) electrons.